The molecule has 12 rings (SSSR count). The largest absolute Gasteiger partial charge is 0.309 e. The number of rotatable bonds is 3. The minimum absolute atomic E-state index is 0.108. The summed E-state index contributed by atoms with van der Waals surface area (Å²) in [6.07, 6.45) is 2.38. The van der Waals surface area contributed by atoms with Crippen LogP contribution in [0.4, 0.5) is 0 Å². The first-order valence-electron chi connectivity index (χ1n) is 20.3. The Bertz CT molecular complexity index is 3460. The van der Waals surface area contributed by atoms with Crippen molar-refractivity contribution in [3.05, 3.63) is 169 Å². The molecular formula is C54H42N2S. The molecule has 1 aliphatic rings. The lowest BCUT2D eigenvalue weighted by Gasteiger charge is -2.42. The lowest BCUT2D eigenvalue weighted by atomic mass is 9.63. The Labute approximate surface area is 336 Å². The zero-order chi connectivity index (χ0) is 38.2. The van der Waals surface area contributed by atoms with E-state index in [-0.39, 0.29) is 10.8 Å². The Morgan fingerprint density at radius 2 is 1.02 bits per heavy atom. The summed E-state index contributed by atoms with van der Waals surface area (Å²) in [6, 6.07) is 59.5. The standard InChI is InChI=1S/C54H42N2S/c1-53(2)25-26-54(3,4)45-32-49-40(29-44(45)53)41-30-48-43(31-47(41)55(49)36-15-6-5-7-16-36)52-38-18-9-8-13-33(38)21-23-46(52)56(48)37-17-12-14-34(27-37)35-22-24-51-42(28-35)39-19-10-11-20-50(39)57-51/h5-24,27-32H,25-26H2,1-4H3. The molecule has 0 saturated carbocycles. The van der Waals surface area contributed by atoms with Gasteiger partial charge in [0, 0.05) is 53.1 Å². The van der Waals surface area contributed by atoms with Gasteiger partial charge in [0.1, 0.15) is 0 Å². The number of aromatic nitrogens is 2. The third-order valence-electron chi connectivity index (χ3n) is 13.3. The van der Waals surface area contributed by atoms with E-state index in [1.807, 2.05) is 11.3 Å². The second-order valence-electron chi connectivity index (χ2n) is 17.6. The van der Waals surface area contributed by atoms with Crippen molar-refractivity contribution < 1.29 is 0 Å². The molecule has 11 aromatic rings. The number of fused-ring (bicyclic) bond motifs is 12. The Kier molecular flexibility index (Phi) is 6.77. The van der Waals surface area contributed by atoms with Crippen LogP contribution in [0.5, 0.6) is 0 Å². The van der Waals surface area contributed by atoms with Crippen LogP contribution in [0.2, 0.25) is 0 Å². The van der Waals surface area contributed by atoms with Crippen LogP contribution >= 0.6 is 11.3 Å². The molecule has 3 aromatic heterocycles. The van der Waals surface area contributed by atoms with Gasteiger partial charge in [-0.3, -0.25) is 0 Å². The van der Waals surface area contributed by atoms with Crippen LogP contribution in [-0.4, -0.2) is 9.13 Å². The smallest absolute Gasteiger partial charge is 0.0549 e. The second kappa shape index (κ2) is 11.7. The third-order valence-corrected chi connectivity index (χ3v) is 14.5. The molecule has 0 aliphatic heterocycles. The molecule has 3 heteroatoms. The van der Waals surface area contributed by atoms with Crippen LogP contribution in [0.1, 0.15) is 51.7 Å². The summed E-state index contributed by atoms with van der Waals surface area (Å²) in [5, 5.41) is 10.4. The van der Waals surface area contributed by atoms with E-state index < -0.39 is 0 Å². The molecule has 0 fully saturated rings. The predicted octanol–water partition coefficient (Wildman–Crippen LogP) is 15.4. The summed E-state index contributed by atoms with van der Waals surface area (Å²) >= 11 is 1.87. The highest BCUT2D eigenvalue weighted by Gasteiger charge is 2.38. The van der Waals surface area contributed by atoms with Gasteiger partial charge in [0.15, 0.2) is 0 Å². The molecule has 0 bridgehead atoms. The van der Waals surface area contributed by atoms with Crippen molar-refractivity contribution >= 4 is 85.9 Å². The molecule has 3 heterocycles. The number of hydrogen-bond donors (Lipinski definition) is 0. The van der Waals surface area contributed by atoms with Crippen molar-refractivity contribution in [2.45, 2.75) is 51.4 Å². The Balaban J connectivity index is 1.18. The second-order valence-corrected chi connectivity index (χ2v) is 18.7. The lowest BCUT2D eigenvalue weighted by Crippen LogP contribution is -2.33. The zero-order valence-corrected chi connectivity index (χ0v) is 33.5. The molecule has 2 nitrogen and oxygen atoms in total. The van der Waals surface area contributed by atoms with E-state index in [2.05, 4.69) is 195 Å². The normalized spacial score (nSPS) is 15.2. The van der Waals surface area contributed by atoms with Gasteiger partial charge in [-0.05, 0) is 129 Å². The first-order valence-corrected chi connectivity index (χ1v) is 21.1. The predicted molar refractivity (Wildman–Crippen MR) is 246 cm³/mol. The Hall–Kier alpha value is -6.16. The number of benzene rings is 8. The van der Waals surface area contributed by atoms with Gasteiger partial charge in [-0.2, -0.15) is 0 Å². The van der Waals surface area contributed by atoms with Crippen molar-refractivity contribution in [2.24, 2.45) is 0 Å². The van der Waals surface area contributed by atoms with Gasteiger partial charge >= 0.3 is 0 Å². The molecule has 8 aromatic carbocycles. The van der Waals surface area contributed by atoms with Crippen molar-refractivity contribution in [1.82, 2.24) is 9.13 Å². The fourth-order valence-electron chi connectivity index (χ4n) is 10.2. The van der Waals surface area contributed by atoms with Gasteiger partial charge in [0.25, 0.3) is 0 Å². The Morgan fingerprint density at radius 3 is 1.86 bits per heavy atom. The van der Waals surface area contributed by atoms with Crippen LogP contribution in [0, 0.1) is 0 Å². The number of thiophene rings is 1. The van der Waals surface area contributed by atoms with Gasteiger partial charge in [0.05, 0.1) is 22.1 Å². The van der Waals surface area contributed by atoms with E-state index >= 15 is 0 Å². The topological polar surface area (TPSA) is 9.86 Å². The summed E-state index contributed by atoms with van der Waals surface area (Å²) in [6.45, 7) is 9.75. The minimum Gasteiger partial charge on any atom is -0.309 e. The average Bonchev–Trinajstić information content (AvgIpc) is 3.88. The van der Waals surface area contributed by atoms with Crippen molar-refractivity contribution in [3.63, 3.8) is 0 Å². The summed E-state index contributed by atoms with van der Waals surface area (Å²) in [4.78, 5) is 0. The van der Waals surface area contributed by atoms with E-state index in [9.17, 15) is 0 Å². The first kappa shape index (κ1) is 33.0. The monoisotopic (exact) mass is 750 g/mol. The molecule has 0 unspecified atom stereocenters. The van der Waals surface area contributed by atoms with E-state index in [1.54, 1.807) is 0 Å². The minimum atomic E-state index is 0.108. The van der Waals surface area contributed by atoms with Gasteiger partial charge in [-0.25, -0.2) is 0 Å². The summed E-state index contributed by atoms with van der Waals surface area (Å²) in [5.74, 6) is 0. The molecule has 1 aliphatic carbocycles. The van der Waals surface area contributed by atoms with Crippen LogP contribution < -0.4 is 0 Å². The van der Waals surface area contributed by atoms with E-state index in [0.717, 1.165) is 0 Å². The highest BCUT2D eigenvalue weighted by molar-refractivity contribution is 7.25. The van der Waals surface area contributed by atoms with Crippen molar-refractivity contribution in [3.8, 4) is 22.5 Å². The SMILES string of the molecule is CC1(C)CCC(C)(C)c2cc3c(cc21)c1cc2c(cc1n3-c1ccccc1)c1c3ccccc3ccc1n2-c1cccc(-c2ccc3sc4ccccc4c3c2)c1. The first-order chi connectivity index (χ1) is 27.7. The van der Waals surface area contributed by atoms with Gasteiger partial charge in [-0.1, -0.05) is 113 Å². The maximum Gasteiger partial charge on any atom is 0.0549 e. The third kappa shape index (κ3) is 4.76. The average molecular weight is 751 g/mol. The Morgan fingerprint density at radius 1 is 0.404 bits per heavy atom. The molecule has 274 valence electrons. The lowest BCUT2D eigenvalue weighted by molar-refractivity contribution is 0.332. The summed E-state index contributed by atoms with van der Waals surface area (Å²) in [5.41, 5.74) is 13.0. The van der Waals surface area contributed by atoms with Crippen molar-refractivity contribution in [1.29, 1.82) is 0 Å². The molecule has 0 amide bonds. The van der Waals surface area contributed by atoms with Crippen LogP contribution in [0.3, 0.4) is 0 Å². The fourth-order valence-corrected chi connectivity index (χ4v) is 11.3. The van der Waals surface area contributed by atoms with E-state index in [1.165, 1.54) is 121 Å². The highest BCUT2D eigenvalue weighted by atomic mass is 32.1. The molecule has 0 spiro atoms. The number of hydrogen-bond acceptors (Lipinski definition) is 1. The van der Waals surface area contributed by atoms with Crippen LogP contribution in [-0.2, 0) is 10.8 Å². The van der Waals surface area contributed by atoms with E-state index in [0.29, 0.717) is 0 Å². The quantitative estimate of drug-likeness (QED) is 0.170. The molecule has 0 saturated heterocycles. The highest BCUT2D eigenvalue weighted by Crippen LogP contribution is 2.50. The number of nitrogens with zero attached hydrogens (tertiary/aromatic N) is 2. The zero-order valence-electron chi connectivity index (χ0n) is 32.7. The van der Waals surface area contributed by atoms with Gasteiger partial charge in [0.2, 0.25) is 0 Å². The van der Waals surface area contributed by atoms with Gasteiger partial charge < -0.3 is 9.13 Å². The fraction of sp³-hybridized carbons (Fsp3) is 0.148. The van der Waals surface area contributed by atoms with Crippen molar-refractivity contribution in [2.75, 3.05) is 0 Å². The maximum atomic E-state index is 2.56. The molecule has 0 N–H and O–H groups in total. The summed E-state index contributed by atoms with van der Waals surface area (Å²) in [7, 11) is 0. The van der Waals surface area contributed by atoms with Crippen LogP contribution in [0.15, 0.2) is 158 Å². The molecule has 0 radical (unpaired) electrons. The van der Waals surface area contributed by atoms with Crippen LogP contribution in [0.25, 0.3) is 97.1 Å². The maximum absolute atomic E-state index is 2.56. The molecule has 0 atom stereocenters. The molecule has 57 heavy (non-hydrogen) atoms. The number of para-hydroxylation sites is 1. The van der Waals surface area contributed by atoms with Gasteiger partial charge in [-0.15, -0.1) is 11.3 Å². The van der Waals surface area contributed by atoms with E-state index in [4.69, 9.17) is 0 Å². The summed E-state index contributed by atoms with van der Waals surface area (Å²) < 4.78 is 7.72. The molecular weight excluding hydrogens is 709 g/mol.